The SMILES string of the molecule is O=C1CCCC2=C1[C@@H](c1cccc(Cl)c1)n1c(nc3ccccc31)N2. The predicted octanol–water partition coefficient (Wildman–Crippen LogP) is 4.71. The van der Waals surface area contributed by atoms with E-state index in [4.69, 9.17) is 16.6 Å². The van der Waals surface area contributed by atoms with Crippen molar-refractivity contribution in [1.82, 2.24) is 9.55 Å². The standard InChI is InChI=1S/C20H16ClN3O/c21-13-6-3-5-12(11-13)19-18-15(8-4-10-17(18)25)23-20-22-14-7-1-2-9-16(14)24(19)20/h1-3,5-7,9,11,19H,4,8,10H2,(H,22,23)/t19-/m1/s1. The zero-order valence-corrected chi connectivity index (χ0v) is 14.3. The molecule has 1 aliphatic carbocycles. The molecule has 3 aromatic rings. The number of allylic oxidation sites excluding steroid dienone is 2. The minimum Gasteiger partial charge on any atom is -0.329 e. The Bertz CT molecular complexity index is 1050. The molecule has 5 rings (SSSR count). The van der Waals surface area contributed by atoms with Gasteiger partial charge in [0.15, 0.2) is 5.78 Å². The number of hydrogen-bond acceptors (Lipinski definition) is 3. The van der Waals surface area contributed by atoms with E-state index in [1.54, 1.807) is 0 Å². The van der Waals surface area contributed by atoms with Gasteiger partial charge in [0.05, 0.1) is 17.1 Å². The molecule has 0 fully saturated rings. The van der Waals surface area contributed by atoms with Gasteiger partial charge < -0.3 is 5.32 Å². The molecule has 124 valence electrons. The van der Waals surface area contributed by atoms with Crippen LogP contribution in [0.4, 0.5) is 5.95 Å². The Hall–Kier alpha value is -2.59. The Labute approximate surface area is 150 Å². The molecular formula is C20H16ClN3O. The molecule has 25 heavy (non-hydrogen) atoms. The van der Waals surface area contributed by atoms with Crippen molar-refractivity contribution in [3.63, 3.8) is 0 Å². The van der Waals surface area contributed by atoms with Gasteiger partial charge >= 0.3 is 0 Å². The van der Waals surface area contributed by atoms with E-state index >= 15 is 0 Å². The third-order valence-electron chi connectivity index (χ3n) is 5.01. The summed E-state index contributed by atoms with van der Waals surface area (Å²) in [7, 11) is 0. The summed E-state index contributed by atoms with van der Waals surface area (Å²) in [5.74, 6) is 1.00. The van der Waals surface area contributed by atoms with Gasteiger partial charge in [-0.1, -0.05) is 35.9 Å². The maximum absolute atomic E-state index is 12.8. The minimum absolute atomic E-state index is 0.190. The number of fused-ring (bicyclic) bond motifs is 3. The Morgan fingerprint density at radius 3 is 2.88 bits per heavy atom. The third kappa shape index (κ3) is 2.21. The zero-order valence-electron chi connectivity index (χ0n) is 13.5. The van der Waals surface area contributed by atoms with Crippen LogP contribution >= 0.6 is 11.6 Å². The molecule has 0 saturated heterocycles. The molecule has 0 spiro atoms. The van der Waals surface area contributed by atoms with Gasteiger partial charge in [-0.2, -0.15) is 0 Å². The van der Waals surface area contributed by atoms with Crippen molar-refractivity contribution in [2.45, 2.75) is 25.3 Å². The maximum Gasteiger partial charge on any atom is 0.209 e. The lowest BCUT2D eigenvalue weighted by Gasteiger charge is -2.34. The fraction of sp³-hybridized carbons (Fsp3) is 0.200. The maximum atomic E-state index is 12.8. The number of aromatic nitrogens is 2. The highest BCUT2D eigenvalue weighted by atomic mass is 35.5. The molecule has 0 radical (unpaired) electrons. The van der Waals surface area contributed by atoms with Crippen molar-refractivity contribution in [1.29, 1.82) is 0 Å². The van der Waals surface area contributed by atoms with Gasteiger partial charge in [0.2, 0.25) is 5.95 Å². The third-order valence-corrected chi connectivity index (χ3v) is 5.25. The van der Waals surface area contributed by atoms with E-state index in [0.717, 1.165) is 46.7 Å². The number of hydrogen-bond donors (Lipinski definition) is 1. The second-order valence-electron chi connectivity index (χ2n) is 6.55. The van der Waals surface area contributed by atoms with Crippen molar-refractivity contribution >= 4 is 34.4 Å². The molecule has 1 aliphatic heterocycles. The summed E-state index contributed by atoms with van der Waals surface area (Å²) in [5, 5.41) is 4.08. The van der Waals surface area contributed by atoms with Gasteiger partial charge in [-0.25, -0.2) is 4.98 Å². The molecular weight excluding hydrogens is 334 g/mol. The average Bonchev–Trinajstić information content (AvgIpc) is 2.98. The van der Waals surface area contributed by atoms with Crippen molar-refractivity contribution in [3.8, 4) is 0 Å². The zero-order chi connectivity index (χ0) is 17.0. The smallest absolute Gasteiger partial charge is 0.209 e. The summed E-state index contributed by atoms with van der Waals surface area (Å²) in [6.45, 7) is 0. The van der Waals surface area contributed by atoms with Gasteiger partial charge in [-0.15, -0.1) is 0 Å². The molecule has 0 bridgehead atoms. The van der Waals surface area contributed by atoms with Gasteiger partial charge in [-0.3, -0.25) is 9.36 Å². The Morgan fingerprint density at radius 1 is 1.12 bits per heavy atom. The van der Waals surface area contributed by atoms with Crippen LogP contribution in [-0.2, 0) is 4.79 Å². The monoisotopic (exact) mass is 349 g/mol. The van der Waals surface area contributed by atoms with Crippen LogP contribution in [0.1, 0.15) is 30.9 Å². The highest BCUT2D eigenvalue weighted by molar-refractivity contribution is 6.30. The van der Waals surface area contributed by atoms with E-state index in [0.29, 0.717) is 11.4 Å². The molecule has 4 nitrogen and oxygen atoms in total. The van der Waals surface area contributed by atoms with Crippen molar-refractivity contribution in [2.24, 2.45) is 0 Å². The molecule has 2 aromatic carbocycles. The number of carbonyl (C=O) groups excluding carboxylic acids is 1. The number of halogens is 1. The molecule has 0 unspecified atom stereocenters. The minimum atomic E-state index is -0.190. The van der Waals surface area contributed by atoms with Crippen molar-refractivity contribution < 1.29 is 4.79 Å². The lowest BCUT2D eigenvalue weighted by Crippen LogP contribution is -2.30. The highest BCUT2D eigenvalue weighted by Crippen LogP contribution is 2.43. The van der Waals surface area contributed by atoms with Crippen LogP contribution in [-0.4, -0.2) is 15.3 Å². The number of para-hydroxylation sites is 2. The number of nitrogens with zero attached hydrogens (tertiary/aromatic N) is 2. The molecule has 1 N–H and O–H groups in total. The first-order valence-electron chi connectivity index (χ1n) is 8.48. The topological polar surface area (TPSA) is 46.9 Å². The van der Waals surface area contributed by atoms with Gasteiger partial charge in [0.1, 0.15) is 0 Å². The number of imidazole rings is 1. The van der Waals surface area contributed by atoms with Crippen molar-refractivity contribution in [3.05, 3.63) is 70.4 Å². The van der Waals surface area contributed by atoms with Crippen LogP contribution in [0.5, 0.6) is 0 Å². The number of Topliss-reactive ketones (excluding diaryl/α,β-unsaturated/α-hetero) is 1. The quantitative estimate of drug-likeness (QED) is 0.692. The van der Waals surface area contributed by atoms with Crippen LogP contribution < -0.4 is 5.32 Å². The highest BCUT2D eigenvalue weighted by Gasteiger charge is 2.36. The Kier molecular flexibility index (Phi) is 3.22. The molecule has 0 amide bonds. The fourth-order valence-corrected chi connectivity index (χ4v) is 4.16. The van der Waals surface area contributed by atoms with E-state index in [2.05, 4.69) is 9.88 Å². The van der Waals surface area contributed by atoms with Crippen LogP contribution in [0.3, 0.4) is 0 Å². The predicted molar refractivity (Wildman–Crippen MR) is 98.8 cm³/mol. The summed E-state index contributed by atoms with van der Waals surface area (Å²) >= 11 is 6.25. The summed E-state index contributed by atoms with van der Waals surface area (Å²) in [4.78, 5) is 17.5. The van der Waals surface area contributed by atoms with E-state index in [-0.39, 0.29) is 11.8 Å². The van der Waals surface area contributed by atoms with E-state index < -0.39 is 0 Å². The van der Waals surface area contributed by atoms with E-state index in [9.17, 15) is 4.79 Å². The van der Waals surface area contributed by atoms with Crippen LogP contribution in [0.25, 0.3) is 11.0 Å². The first-order chi connectivity index (χ1) is 12.2. The molecule has 0 saturated carbocycles. The normalized spacial score (nSPS) is 19.6. The van der Waals surface area contributed by atoms with Gasteiger partial charge in [-0.05, 0) is 42.7 Å². The second-order valence-corrected chi connectivity index (χ2v) is 6.98. The number of benzene rings is 2. The van der Waals surface area contributed by atoms with Crippen LogP contribution in [0.15, 0.2) is 59.8 Å². The van der Waals surface area contributed by atoms with Crippen LogP contribution in [0.2, 0.25) is 5.02 Å². The van der Waals surface area contributed by atoms with Gasteiger partial charge in [0.25, 0.3) is 0 Å². The Morgan fingerprint density at radius 2 is 2.00 bits per heavy atom. The van der Waals surface area contributed by atoms with E-state index in [1.165, 1.54) is 0 Å². The lowest BCUT2D eigenvalue weighted by molar-refractivity contribution is -0.116. The number of rotatable bonds is 1. The average molecular weight is 350 g/mol. The summed E-state index contributed by atoms with van der Waals surface area (Å²) in [6, 6.07) is 15.6. The summed E-state index contributed by atoms with van der Waals surface area (Å²) < 4.78 is 2.13. The number of nitrogens with one attached hydrogen (secondary N) is 1. The number of anilines is 1. The lowest BCUT2D eigenvalue weighted by atomic mass is 9.85. The van der Waals surface area contributed by atoms with Crippen molar-refractivity contribution in [2.75, 3.05) is 5.32 Å². The molecule has 5 heteroatoms. The Balaban J connectivity index is 1.82. The molecule has 1 aromatic heterocycles. The first-order valence-corrected chi connectivity index (χ1v) is 8.86. The molecule has 1 atom stereocenters. The number of carbonyl (C=O) groups is 1. The largest absolute Gasteiger partial charge is 0.329 e. The summed E-state index contributed by atoms with van der Waals surface area (Å²) in [5.41, 5.74) is 4.80. The molecule has 2 aliphatic rings. The molecule has 2 heterocycles. The van der Waals surface area contributed by atoms with Crippen LogP contribution in [0, 0.1) is 0 Å². The fourth-order valence-electron chi connectivity index (χ4n) is 3.96. The first kappa shape index (κ1) is 14.7. The van der Waals surface area contributed by atoms with Gasteiger partial charge in [0, 0.05) is 22.7 Å². The second kappa shape index (κ2) is 5.46. The number of ketones is 1. The van der Waals surface area contributed by atoms with E-state index in [1.807, 2.05) is 48.5 Å². The summed E-state index contributed by atoms with van der Waals surface area (Å²) in [6.07, 6.45) is 2.36.